The Bertz CT molecular complexity index is 316. The van der Waals surface area contributed by atoms with E-state index in [1.807, 2.05) is 6.08 Å². The maximum absolute atomic E-state index is 10.9. The average Bonchev–Trinajstić information content (AvgIpc) is 2.21. The Hall–Kier alpha value is -0.830. The molecule has 1 saturated heterocycles. The van der Waals surface area contributed by atoms with Crippen LogP contribution in [0.25, 0.3) is 0 Å². The van der Waals surface area contributed by atoms with E-state index >= 15 is 0 Å². The van der Waals surface area contributed by atoms with Crippen LogP contribution in [0.5, 0.6) is 0 Å². The summed E-state index contributed by atoms with van der Waals surface area (Å²) in [5.74, 6) is 0.750. The second-order valence-corrected chi connectivity index (χ2v) is 7.07. The summed E-state index contributed by atoms with van der Waals surface area (Å²) >= 11 is 0. The van der Waals surface area contributed by atoms with E-state index in [9.17, 15) is 4.79 Å². The molecule has 0 bridgehead atoms. The first-order chi connectivity index (χ1) is 8.69. The topological polar surface area (TPSA) is 32.3 Å². The summed E-state index contributed by atoms with van der Waals surface area (Å²) in [5, 5.41) is 2.92. The second kappa shape index (κ2) is 6.08. The fourth-order valence-corrected chi connectivity index (χ4v) is 3.80. The molecule has 1 amide bonds. The number of amides is 1. The summed E-state index contributed by atoms with van der Waals surface area (Å²) < 4.78 is 0. The molecule has 0 unspecified atom stereocenters. The van der Waals surface area contributed by atoms with E-state index in [0.717, 1.165) is 19.5 Å². The van der Waals surface area contributed by atoms with Gasteiger partial charge in [-0.05, 0) is 52.9 Å². The molecule has 110 valence electrons. The molecule has 0 aromatic carbocycles. The monoisotopic (exact) mass is 266 g/mol. The molecular weight excluding hydrogens is 236 g/mol. The summed E-state index contributed by atoms with van der Waals surface area (Å²) in [5.41, 5.74) is 0.383. The quantitative estimate of drug-likeness (QED) is 0.776. The van der Waals surface area contributed by atoms with E-state index in [1.165, 1.54) is 12.8 Å². The van der Waals surface area contributed by atoms with E-state index in [1.54, 1.807) is 6.92 Å². The van der Waals surface area contributed by atoms with Crippen LogP contribution in [-0.2, 0) is 4.79 Å². The zero-order valence-corrected chi connectivity index (χ0v) is 13.3. The zero-order chi connectivity index (χ0) is 14.7. The first-order valence-electron chi connectivity index (χ1n) is 7.32. The third kappa shape index (κ3) is 4.34. The van der Waals surface area contributed by atoms with Crippen molar-refractivity contribution in [2.75, 3.05) is 13.1 Å². The lowest BCUT2D eigenvalue weighted by molar-refractivity contribution is -0.119. The van der Waals surface area contributed by atoms with Gasteiger partial charge in [-0.3, -0.25) is 9.69 Å². The SMILES string of the molecule is C=CCN1C(C)(C)CC(CCNC(C)=O)CC1(C)C. The molecule has 19 heavy (non-hydrogen) atoms. The minimum absolute atomic E-state index is 0.0719. The van der Waals surface area contributed by atoms with E-state index in [2.05, 4.69) is 44.5 Å². The fourth-order valence-electron chi connectivity index (χ4n) is 3.80. The van der Waals surface area contributed by atoms with E-state index < -0.39 is 0 Å². The van der Waals surface area contributed by atoms with Crippen LogP contribution in [0.4, 0.5) is 0 Å². The highest BCUT2D eigenvalue weighted by Gasteiger charge is 2.44. The first kappa shape index (κ1) is 16.2. The van der Waals surface area contributed by atoms with Crippen LogP contribution in [-0.4, -0.2) is 35.0 Å². The van der Waals surface area contributed by atoms with Gasteiger partial charge in [0.05, 0.1) is 0 Å². The van der Waals surface area contributed by atoms with Crippen molar-refractivity contribution in [3.05, 3.63) is 12.7 Å². The van der Waals surface area contributed by atoms with E-state index in [4.69, 9.17) is 0 Å². The Morgan fingerprint density at radius 3 is 2.26 bits per heavy atom. The van der Waals surface area contributed by atoms with Crippen molar-refractivity contribution in [2.45, 2.75) is 65.0 Å². The lowest BCUT2D eigenvalue weighted by atomic mass is 9.72. The minimum Gasteiger partial charge on any atom is -0.356 e. The van der Waals surface area contributed by atoms with Crippen molar-refractivity contribution in [2.24, 2.45) is 5.92 Å². The molecule has 0 atom stereocenters. The molecule has 1 fully saturated rings. The Morgan fingerprint density at radius 2 is 1.84 bits per heavy atom. The Morgan fingerprint density at radius 1 is 1.32 bits per heavy atom. The first-order valence-corrected chi connectivity index (χ1v) is 7.32. The van der Waals surface area contributed by atoms with Gasteiger partial charge in [0.1, 0.15) is 0 Å². The third-order valence-electron chi connectivity index (χ3n) is 4.28. The van der Waals surface area contributed by atoms with Crippen LogP contribution < -0.4 is 5.32 Å². The number of rotatable bonds is 5. The lowest BCUT2D eigenvalue weighted by Gasteiger charge is -2.55. The van der Waals surface area contributed by atoms with Gasteiger partial charge in [-0.1, -0.05) is 6.08 Å². The molecule has 0 aromatic rings. The van der Waals surface area contributed by atoms with Gasteiger partial charge >= 0.3 is 0 Å². The van der Waals surface area contributed by atoms with Crippen molar-refractivity contribution in [1.29, 1.82) is 0 Å². The van der Waals surface area contributed by atoms with Crippen molar-refractivity contribution < 1.29 is 4.79 Å². The molecule has 0 aromatic heterocycles. The van der Waals surface area contributed by atoms with Gasteiger partial charge < -0.3 is 5.32 Å². The zero-order valence-electron chi connectivity index (χ0n) is 13.3. The smallest absolute Gasteiger partial charge is 0.216 e. The van der Waals surface area contributed by atoms with Gasteiger partial charge in [0.15, 0.2) is 0 Å². The van der Waals surface area contributed by atoms with E-state index in [0.29, 0.717) is 5.92 Å². The van der Waals surface area contributed by atoms with E-state index in [-0.39, 0.29) is 17.0 Å². The highest BCUT2D eigenvalue weighted by molar-refractivity contribution is 5.72. The number of piperidine rings is 1. The maximum atomic E-state index is 10.9. The summed E-state index contributed by atoms with van der Waals surface area (Å²) in [6, 6.07) is 0. The van der Waals surface area contributed by atoms with Gasteiger partial charge in [-0.15, -0.1) is 6.58 Å². The standard InChI is InChI=1S/C16H30N2O/c1-7-10-18-15(3,4)11-14(12-16(18,5)6)8-9-17-13(2)19/h7,14H,1,8-12H2,2-6H3,(H,17,19). The fraction of sp³-hybridized carbons (Fsp3) is 0.812. The Labute approximate surface area is 118 Å². The molecule has 3 nitrogen and oxygen atoms in total. The summed E-state index contributed by atoms with van der Waals surface area (Å²) in [7, 11) is 0. The van der Waals surface area contributed by atoms with Crippen LogP contribution in [0.15, 0.2) is 12.7 Å². The molecule has 0 radical (unpaired) electrons. The van der Waals surface area contributed by atoms with Crippen molar-refractivity contribution in [3.8, 4) is 0 Å². The normalized spacial score (nSPS) is 23.0. The number of carbonyl (C=O) groups excluding carboxylic acids is 1. The van der Waals surface area contributed by atoms with Crippen LogP contribution in [0.2, 0.25) is 0 Å². The number of nitrogens with one attached hydrogen (secondary N) is 1. The molecule has 1 aliphatic rings. The molecule has 1 heterocycles. The molecule has 0 spiro atoms. The average molecular weight is 266 g/mol. The maximum Gasteiger partial charge on any atom is 0.216 e. The lowest BCUT2D eigenvalue weighted by Crippen LogP contribution is -2.60. The molecule has 0 saturated carbocycles. The van der Waals surface area contributed by atoms with Gasteiger partial charge in [0, 0.05) is 31.1 Å². The molecule has 1 aliphatic heterocycles. The second-order valence-electron chi connectivity index (χ2n) is 7.07. The predicted molar refractivity (Wildman–Crippen MR) is 81.1 cm³/mol. The van der Waals surface area contributed by atoms with Crippen LogP contribution in [0.1, 0.15) is 53.9 Å². The molecule has 3 heteroatoms. The van der Waals surface area contributed by atoms with Gasteiger partial charge in [-0.2, -0.15) is 0 Å². The van der Waals surface area contributed by atoms with Crippen molar-refractivity contribution in [1.82, 2.24) is 10.2 Å². The largest absolute Gasteiger partial charge is 0.356 e. The number of hydrogen-bond acceptors (Lipinski definition) is 2. The highest BCUT2D eigenvalue weighted by atomic mass is 16.1. The van der Waals surface area contributed by atoms with Crippen LogP contribution in [0.3, 0.4) is 0 Å². The van der Waals surface area contributed by atoms with Crippen molar-refractivity contribution in [3.63, 3.8) is 0 Å². The number of carbonyl (C=O) groups is 1. The Kier molecular flexibility index (Phi) is 5.19. The molecular formula is C16H30N2O. The van der Waals surface area contributed by atoms with Gasteiger partial charge in [0.25, 0.3) is 0 Å². The molecule has 1 rings (SSSR count). The Balaban J connectivity index is 2.67. The molecule has 0 aliphatic carbocycles. The van der Waals surface area contributed by atoms with Crippen LogP contribution in [0, 0.1) is 5.92 Å². The number of nitrogens with zero attached hydrogens (tertiary/aromatic N) is 1. The molecule has 1 N–H and O–H groups in total. The van der Waals surface area contributed by atoms with Gasteiger partial charge in [-0.25, -0.2) is 0 Å². The van der Waals surface area contributed by atoms with Crippen molar-refractivity contribution >= 4 is 5.91 Å². The van der Waals surface area contributed by atoms with Gasteiger partial charge in [0.2, 0.25) is 5.91 Å². The summed E-state index contributed by atoms with van der Waals surface area (Å²) in [6.45, 7) is 16.5. The highest BCUT2D eigenvalue weighted by Crippen LogP contribution is 2.42. The number of hydrogen-bond donors (Lipinski definition) is 1. The summed E-state index contributed by atoms with van der Waals surface area (Å²) in [6.07, 6.45) is 5.45. The predicted octanol–water partition coefficient (Wildman–Crippen LogP) is 2.97. The minimum atomic E-state index is 0.0719. The third-order valence-corrected chi connectivity index (χ3v) is 4.28. The van der Waals surface area contributed by atoms with Crippen LogP contribution >= 0.6 is 0 Å². The number of likely N-dealkylation sites (tertiary alicyclic amines) is 1. The summed E-state index contributed by atoms with van der Waals surface area (Å²) in [4.78, 5) is 13.5.